The molecule has 1 aromatic heterocycles. The maximum atomic E-state index is 12.2. The van der Waals surface area contributed by atoms with Gasteiger partial charge in [0.15, 0.2) is 0 Å². The molecule has 2 aromatic rings. The van der Waals surface area contributed by atoms with Crippen LogP contribution in [0.15, 0.2) is 34.1 Å². The Labute approximate surface area is 145 Å². The van der Waals surface area contributed by atoms with Gasteiger partial charge in [0.1, 0.15) is 17.0 Å². The zero-order valence-electron chi connectivity index (χ0n) is 13.0. The lowest BCUT2D eigenvalue weighted by atomic mass is 10.1. The van der Waals surface area contributed by atoms with E-state index >= 15 is 0 Å². The summed E-state index contributed by atoms with van der Waals surface area (Å²) < 4.78 is 15.7. The van der Waals surface area contributed by atoms with Crippen LogP contribution in [0.4, 0.5) is 5.69 Å². The molecule has 0 atom stereocenters. The van der Waals surface area contributed by atoms with E-state index in [1.807, 2.05) is 6.07 Å². The Kier molecular flexibility index (Phi) is 4.54. The number of anilines is 1. The molecule has 1 aliphatic heterocycles. The van der Waals surface area contributed by atoms with E-state index in [0.717, 1.165) is 10.9 Å². The van der Waals surface area contributed by atoms with Gasteiger partial charge in [-0.2, -0.15) is 5.10 Å². The summed E-state index contributed by atoms with van der Waals surface area (Å²) in [5, 5.41) is 7.79. The van der Waals surface area contributed by atoms with E-state index in [1.54, 1.807) is 17.0 Å². The van der Waals surface area contributed by atoms with Crippen molar-refractivity contribution in [2.24, 2.45) is 0 Å². The fourth-order valence-corrected chi connectivity index (χ4v) is 2.89. The van der Waals surface area contributed by atoms with Gasteiger partial charge < -0.3 is 19.1 Å². The van der Waals surface area contributed by atoms with Crippen LogP contribution in [-0.4, -0.2) is 49.7 Å². The van der Waals surface area contributed by atoms with E-state index in [4.69, 9.17) is 14.2 Å². The lowest BCUT2D eigenvalue weighted by Gasteiger charge is -2.31. The van der Waals surface area contributed by atoms with Crippen LogP contribution in [0.3, 0.4) is 0 Å². The molecule has 0 radical (unpaired) electrons. The molecule has 2 heterocycles. The van der Waals surface area contributed by atoms with Crippen molar-refractivity contribution in [3.05, 3.63) is 34.1 Å². The Morgan fingerprint density at radius 2 is 2.04 bits per heavy atom. The van der Waals surface area contributed by atoms with Crippen molar-refractivity contribution in [1.29, 1.82) is 0 Å². The number of H-pyrrole nitrogens is 1. The SMILES string of the molecule is COC(=O)C1=C(C(=O)OC)N(c2ccc3n[nH]c(Br)c3c2)COC1. The van der Waals surface area contributed by atoms with Crippen LogP contribution >= 0.6 is 15.9 Å². The molecule has 0 aliphatic carbocycles. The van der Waals surface area contributed by atoms with Crippen molar-refractivity contribution >= 4 is 44.5 Å². The molecule has 9 heteroatoms. The highest BCUT2D eigenvalue weighted by atomic mass is 79.9. The topological polar surface area (TPSA) is 93.8 Å². The predicted octanol–water partition coefficient (Wildman–Crippen LogP) is 1.72. The summed E-state index contributed by atoms with van der Waals surface area (Å²) in [6.45, 7) is 0.0805. The number of esters is 2. The van der Waals surface area contributed by atoms with E-state index < -0.39 is 11.9 Å². The van der Waals surface area contributed by atoms with Crippen molar-refractivity contribution in [3.8, 4) is 0 Å². The Balaban J connectivity index is 2.13. The number of methoxy groups -OCH3 is 2. The molecular formula is C15H14BrN3O5. The first kappa shape index (κ1) is 16.5. The Hall–Kier alpha value is -2.39. The summed E-state index contributed by atoms with van der Waals surface area (Å²) in [5.74, 6) is -1.27. The number of hydrogen-bond acceptors (Lipinski definition) is 7. The maximum Gasteiger partial charge on any atom is 0.355 e. The van der Waals surface area contributed by atoms with Crippen molar-refractivity contribution in [2.75, 3.05) is 32.5 Å². The lowest BCUT2D eigenvalue weighted by Crippen LogP contribution is -2.38. The van der Waals surface area contributed by atoms with E-state index in [-0.39, 0.29) is 24.6 Å². The number of fused-ring (bicyclic) bond motifs is 1. The molecule has 1 aromatic carbocycles. The van der Waals surface area contributed by atoms with Gasteiger partial charge in [0.05, 0.1) is 31.9 Å². The summed E-state index contributed by atoms with van der Waals surface area (Å²) >= 11 is 3.38. The molecule has 126 valence electrons. The zero-order valence-corrected chi connectivity index (χ0v) is 14.5. The van der Waals surface area contributed by atoms with Crippen LogP contribution in [0, 0.1) is 0 Å². The first-order valence-electron chi connectivity index (χ1n) is 6.95. The highest BCUT2D eigenvalue weighted by molar-refractivity contribution is 9.10. The first-order chi connectivity index (χ1) is 11.6. The molecule has 0 bridgehead atoms. The van der Waals surface area contributed by atoms with Crippen molar-refractivity contribution in [2.45, 2.75) is 0 Å². The summed E-state index contributed by atoms with van der Waals surface area (Å²) in [4.78, 5) is 25.8. The molecule has 0 saturated heterocycles. The van der Waals surface area contributed by atoms with E-state index in [9.17, 15) is 9.59 Å². The van der Waals surface area contributed by atoms with E-state index in [1.165, 1.54) is 14.2 Å². The molecule has 8 nitrogen and oxygen atoms in total. The van der Waals surface area contributed by atoms with Gasteiger partial charge in [-0.25, -0.2) is 9.59 Å². The third kappa shape index (κ3) is 2.76. The van der Waals surface area contributed by atoms with Gasteiger partial charge in [0.25, 0.3) is 0 Å². The molecule has 1 aliphatic rings. The third-order valence-corrected chi connectivity index (χ3v) is 4.24. The summed E-state index contributed by atoms with van der Waals surface area (Å²) in [5.41, 5.74) is 1.64. The van der Waals surface area contributed by atoms with Gasteiger partial charge in [0, 0.05) is 11.1 Å². The standard InChI is InChI=1S/C15H14BrN3O5/c1-22-14(20)10-6-24-7-19(12(10)15(21)23-2)8-3-4-11-9(5-8)13(16)18-17-11/h3-5H,6-7H2,1-2H3,(H,17,18). The number of nitrogens with zero attached hydrogens (tertiary/aromatic N) is 2. The highest BCUT2D eigenvalue weighted by Crippen LogP contribution is 2.31. The number of hydrogen-bond donors (Lipinski definition) is 1. The molecule has 1 N–H and O–H groups in total. The quantitative estimate of drug-likeness (QED) is 0.790. The molecule has 0 spiro atoms. The fraction of sp³-hybridized carbons (Fsp3) is 0.267. The normalized spacial score (nSPS) is 14.9. The number of aromatic amines is 1. The number of carbonyl (C=O) groups is 2. The third-order valence-electron chi connectivity index (χ3n) is 3.64. The van der Waals surface area contributed by atoms with E-state index in [2.05, 4.69) is 26.1 Å². The second-order valence-electron chi connectivity index (χ2n) is 4.95. The lowest BCUT2D eigenvalue weighted by molar-refractivity contribution is -0.140. The van der Waals surface area contributed by atoms with Crippen LogP contribution < -0.4 is 4.90 Å². The average molecular weight is 396 g/mol. The van der Waals surface area contributed by atoms with Gasteiger partial charge in [-0.3, -0.25) is 5.10 Å². The Morgan fingerprint density at radius 3 is 2.75 bits per heavy atom. The van der Waals surface area contributed by atoms with Gasteiger partial charge in [-0.1, -0.05) is 0 Å². The number of ether oxygens (including phenoxy) is 3. The highest BCUT2D eigenvalue weighted by Gasteiger charge is 2.32. The molecule has 24 heavy (non-hydrogen) atoms. The van der Waals surface area contributed by atoms with Crippen molar-refractivity contribution in [3.63, 3.8) is 0 Å². The maximum absolute atomic E-state index is 12.2. The van der Waals surface area contributed by atoms with Crippen LogP contribution in [0.1, 0.15) is 0 Å². The van der Waals surface area contributed by atoms with Gasteiger partial charge in [-0.15, -0.1) is 0 Å². The van der Waals surface area contributed by atoms with E-state index in [0.29, 0.717) is 10.3 Å². The minimum absolute atomic E-state index is 0.0226. The van der Waals surface area contributed by atoms with Gasteiger partial charge in [-0.05, 0) is 34.1 Å². The monoisotopic (exact) mass is 395 g/mol. The van der Waals surface area contributed by atoms with Gasteiger partial charge >= 0.3 is 11.9 Å². The number of aromatic nitrogens is 2. The average Bonchev–Trinajstić information content (AvgIpc) is 3.00. The number of halogens is 1. The second kappa shape index (κ2) is 6.62. The first-order valence-corrected chi connectivity index (χ1v) is 7.74. The minimum Gasteiger partial charge on any atom is -0.466 e. The molecule has 0 saturated carbocycles. The van der Waals surface area contributed by atoms with Crippen LogP contribution in [0.5, 0.6) is 0 Å². The minimum atomic E-state index is -0.634. The van der Waals surface area contributed by atoms with Crippen LogP contribution in [0.25, 0.3) is 10.9 Å². The molecule has 0 unspecified atom stereocenters. The summed E-state index contributed by atoms with van der Waals surface area (Å²) in [7, 11) is 2.51. The summed E-state index contributed by atoms with van der Waals surface area (Å²) in [6.07, 6.45) is 0. The van der Waals surface area contributed by atoms with Gasteiger partial charge in [0.2, 0.25) is 0 Å². The zero-order chi connectivity index (χ0) is 17.3. The van der Waals surface area contributed by atoms with Crippen LogP contribution in [-0.2, 0) is 23.8 Å². The number of nitrogens with one attached hydrogen (secondary N) is 1. The number of rotatable bonds is 3. The summed E-state index contributed by atoms with van der Waals surface area (Å²) in [6, 6.07) is 5.41. The molecule has 0 fully saturated rings. The molecular weight excluding hydrogens is 382 g/mol. The number of benzene rings is 1. The van der Waals surface area contributed by atoms with Crippen molar-refractivity contribution in [1.82, 2.24) is 10.2 Å². The fourth-order valence-electron chi connectivity index (χ4n) is 2.48. The Morgan fingerprint density at radius 1 is 1.29 bits per heavy atom. The largest absolute Gasteiger partial charge is 0.466 e. The molecule has 3 rings (SSSR count). The van der Waals surface area contributed by atoms with Crippen molar-refractivity contribution < 1.29 is 23.8 Å². The molecule has 0 amide bonds. The smallest absolute Gasteiger partial charge is 0.355 e. The second-order valence-corrected chi connectivity index (χ2v) is 5.75. The van der Waals surface area contributed by atoms with Crippen LogP contribution in [0.2, 0.25) is 0 Å². The Bertz CT molecular complexity index is 845. The number of carbonyl (C=O) groups excluding carboxylic acids is 2. The predicted molar refractivity (Wildman–Crippen MR) is 88.1 cm³/mol.